The Balaban J connectivity index is 1.54. The maximum atomic E-state index is 15.6. The zero-order chi connectivity index (χ0) is 25.3. The molecule has 0 bridgehead atoms. The number of aromatic nitrogens is 4. The fourth-order valence-electron chi connectivity index (χ4n) is 5.03. The first-order valence-electron chi connectivity index (χ1n) is 11.2. The van der Waals surface area contributed by atoms with Gasteiger partial charge in [0.05, 0.1) is 0 Å². The van der Waals surface area contributed by atoms with Gasteiger partial charge in [-0.15, -0.1) is 0 Å². The van der Waals surface area contributed by atoms with Crippen LogP contribution in [0.5, 0.6) is 11.5 Å². The third-order valence-electron chi connectivity index (χ3n) is 6.64. The van der Waals surface area contributed by atoms with Gasteiger partial charge in [0.25, 0.3) is 0 Å². The Morgan fingerprint density at radius 3 is 2.51 bits per heavy atom. The van der Waals surface area contributed by atoms with Crippen molar-refractivity contribution in [3.05, 3.63) is 114 Å². The molecule has 1 spiro atoms. The lowest BCUT2D eigenvalue weighted by Gasteiger charge is -2.34. The molecule has 0 fully saturated rings. The van der Waals surface area contributed by atoms with Crippen LogP contribution >= 0.6 is 0 Å². The van der Waals surface area contributed by atoms with Gasteiger partial charge in [-0.3, -0.25) is 4.57 Å². The molecule has 5 heterocycles. The zero-order valence-corrected chi connectivity index (χ0v) is 18.9. The minimum atomic E-state index is -1.41. The van der Waals surface area contributed by atoms with Crippen LogP contribution in [0.2, 0.25) is 0 Å². The summed E-state index contributed by atoms with van der Waals surface area (Å²) in [7, 11) is 0. The number of imidazole rings is 1. The lowest BCUT2D eigenvalue weighted by atomic mass is 9.78. The predicted molar refractivity (Wildman–Crippen MR) is 128 cm³/mol. The summed E-state index contributed by atoms with van der Waals surface area (Å²) in [5, 5.41) is 0. The van der Waals surface area contributed by atoms with Gasteiger partial charge in [-0.25, -0.2) is 24.3 Å². The molecule has 0 aliphatic carbocycles. The topological polar surface area (TPSA) is 91.2 Å². The van der Waals surface area contributed by atoms with E-state index in [1.54, 1.807) is 59.4 Å². The van der Waals surface area contributed by atoms with E-state index in [2.05, 4.69) is 15.0 Å². The molecule has 10 heteroatoms. The number of pyridine rings is 2. The number of nitrogens with zero attached hydrogens (tertiary/aromatic N) is 5. The van der Waals surface area contributed by atoms with E-state index in [9.17, 15) is 8.78 Å². The van der Waals surface area contributed by atoms with Crippen molar-refractivity contribution >= 4 is 5.96 Å². The van der Waals surface area contributed by atoms with Gasteiger partial charge in [-0.2, -0.15) is 8.78 Å². The molecule has 2 aromatic carbocycles. The lowest BCUT2D eigenvalue weighted by Crippen LogP contribution is -2.31. The number of benzene rings is 2. The first-order chi connectivity index (χ1) is 18.0. The van der Waals surface area contributed by atoms with Gasteiger partial charge < -0.3 is 10.5 Å². The zero-order valence-electron chi connectivity index (χ0n) is 18.9. The molecule has 0 saturated carbocycles. The van der Waals surface area contributed by atoms with Crippen LogP contribution in [0.25, 0.3) is 22.3 Å². The molecule has 0 unspecified atom stereocenters. The molecule has 180 valence electrons. The number of nitrogens with two attached hydrogens (primary N) is 1. The van der Waals surface area contributed by atoms with E-state index in [0.29, 0.717) is 39.4 Å². The average Bonchev–Trinajstić information content (AvgIpc) is 3.49. The molecule has 0 radical (unpaired) electrons. The van der Waals surface area contributed by atoms with Crippen molar-refractivity contribution in [3.63, 3.8) is 0 Å². The summed E-state index contributed by atoms with van der Waals surface area (Å²) >= 11 is 0. The molecule has 7 nitrogen and oxygen atoms in total. The van der Waals surface area contributed by atoms with Gasteiger partial charge in [-0.1, -0.05) is 6.07 Å². The minimum Gasteiger partial charge on any atom is -0.453 e. The van der Waals surface area contributed by atoms with E-state index in [4.69, 9.17) is 15.5 Å². The molecule has 0 saturated heterocycles. The number of fused-ring (bicyclic) bond motifs is 6. The highest BCUT2D eigenvalue weighted by Crippen LogP contribution is 2.55. The molecular weight excluding hydrogens is 481 g/mol. The van der Waals surface area contributed by atoms with E-state index in [0.717, 1.165) is 0 Å². The van der Waals surface area contributed by atoms with Crippen LogP contribution in [0.4, 0.5) is 13.2 Å². The maximum absolute atomic E-state index is 15.6. The van der Waals surface area contributed by atoms with Crippen molar-refractivity contribution in [3.8, 4) is 33.8 Å². The molecule has 3 aromatic heterocycles. The highest BCUT2D eigenvalue weighted by Gasteiger charge is 2.51. The number of hydrogen-bond acceptors (Lipinski definition) is 6. The van der Waals surface area contributed by atoms with Crippen LogP contribution in [0.15, 0.2) is 84.4 Å². The van der Waals surface area contributed by atoms with Gasteiger partial charge in [0.2, 0.25) is 17.9 Å². The van der Waals surface area contributed by atoms with Crippen LogP contribution in [0.1, 0.15) is 17.0 Å². The fourth-order valence-corrected chi connectivity index (χ4v) is 5.03. The molecule has 5 aromatic rings. The van der Waals surface area contributed by atoms with E-state index < -0.39 is 23.3 Å². The number of halogens is 3. The first-order valence-corrected chi connectivity index (χ1v) is 11.2. The van der Waals surface area contributed by atoms with Crippen LogP contribution in [-0.4, -0.2) is 25.5 Å². The number of rotatable bonds is 2. The van der Waals surface area contributed by atoms with Gasteiger partial charge in [0.1, 0.15) is 5.75 Å². The Bertz CT molecular complexity index is 1780. The van der Waals surface area contributed by atoms with Crippen molar-refractivity contribution in [2.24, 2.45) is 10.7 Å². The highest BCUT2D eigenvalue weighted by molar-refractivity contribution is 5.88. The van der Waals surface area contributed by atoms with Gasteiger partial charge >= 0.3 is 0 Å². The Morgan fingerprint density at radius 2 is 1.68 bits per heavy atom. The minimum absolute atomic E-state index is 0.0564. The van der Waals surface area contributed by atoms with Crippen molar-refractivity contribution in [1.82, 2.24) is 19.5 Å². The Kier molecular flexibility index (Phi) is 4.32. The second-order valence-electron chi connectivity index (χ2n) is 8.66. The third kappa shape index (κ3) is 2.95. The lowest BCUT2D eigenvalue weighted by molar-refractivity contribution is 0.392. The number of ether oxygens (including phenoxy) is 1. The van der Waals surface area contributed by atoms with Crippen molar-refractivity contribution in [2.45, 2.75) is 5.54 Å². The first kappa shape index (κ1) is 21.3. The van der Waals surface area contributed by atoms with Crippen molar-refractivity contribution in [1.29, 1.82) is 0 Å². The Morgan fingerprint density at radius 1 is 0.811 bits per heavy atom. The molecular formula is C27H15F3N6O. The second kappa shape index (κ2) is 7.50. The average molecular weight is 496 g/mol. The third-order valence-corrected chi connectivity index (χ3v) is 6.64. The summed E-state index contributed by atoms with van der Waals surface area (Å²) in [6.07, 6.45) is 5.89. The normalized spacial score (nSPS) is 17.1. The van der Waals surface area contributed by atoms with Gasteiger partial charge in [0.15, 0.2) is 22.9 Å². The number of hydrogen-bond donors (Lipinski definition) is 1. The summed E-state index contributed by atoms with van der Waals surface area (Å²) < 4.78 is 51.8. The Hall–Kier alpha value is -4.99. The van der Waals surface area contributed by atoms with E-state index in [1.807, 2.05) is 0 Å². The standard InChI is InChI=1S/C27H15F3N6O/c28-20-12-16(14-5-7-32-22(29)13-14)11-19-23(20)37-21-4-3-15(17-2-1-6-33-24(17)30)10-18(21)27(19)25-34-8-9-36(25)26(31)35-27/h1-13H,(H2,31,35)/t27-/m0/s1. The number of aliphatic imine (C=N–C) groups is 1. The summed E-state index contributed by atoms with van der Waals surface area (Å²) in [6, 6.07) is 14.0. The summed E-state index contributed by atoms with van der Waals surface area (Å²) in [5.74, 6) is -1.20. The largest absolute Gasteiger partial charge is 0.453 e. The summed E-state index contributed by atoms with van der Waals surface area (Å²) in [5.41, 5.74) is 7.30. The maximum Gasteiger partial charge on any atom is 0.220 e. The van der Waals surface area contributed by atoms with Crippen molar-refractivity contribution in [2.75, 3.05) is 0 Å². The quantitative estimate of drug-likeness (QED) is 0.348. The monoisotopic (exact) mass is 496 g/mol. The molecule has 37 heavy (non-hydrogen) atoms. The predicted octanol–water partition coefficient (Wildman–Crippen LogP) is 5.00. The summed E-state index contributed by atoms with van der Waals surface area (Å²) in [6.45, 7) is 0. The molecule has 1 atom stereocenters. The SMILES string of the molecule is NC1=N[C@]2(c3cc(-c4cccnc4F)ccc3Oc3c(F)cc(-c4ccnc(F)c4)cc32)c2nccn21. The van der Waals surface area contributed by atoms with E-state index in [-0.39, 0.29) is 17.3 Å². The van der Waals surface area contributed by atoms with Gasteiger partial charge in [0, 0.05) is 47.5 Å². The summed E-state index contributed by atoms with van der Waals surface area (Å²) in [4.78, 5) is 16.6. The van der Waals surface area contributed by atoms with Crippen LogP contribution in [-0.2, 0) is 5.54 Å². The smallest absolute Gasteiger partial charge is 0.220 e. The van der Waals surface area contributed by atoms with E-state index >= 15 is 4.39 Å². The molecule has 2 aliphatic rings. The van der Waals surface area contributed by atoms with E-state index in [1.165, 1.54) is 24.5 Å². The molecule has 7 rings (SSSR count). The second-order valence-corrected chi connectivity index (χ2v) is 8.66. The Labute approximate surface area is 207 Å². The van der Waals surface area contributed by atoms with Crippen LogP contribution in [0, 0.1) is 17.7 Å². The van der Waals surface area contributed by atoms with Gasteiger partial charge in [-0.05, 0) is 59.2 Å². The fraction of sp³-hybridized carbons (Fsp3) is 0.0370. The van der Waals surface area contributed by atoms with Crippen LogP contribution < -0.4 is 10.5 Å². The van der Waals surface area contributed by atoms with Crippen molar-refractivity contribution < 1.29 is 17.9 Å². The highest BCUT2D eigenvalue weighted by atomic mass is 19.1. The van der Waals surface area contributed by atoms with Crippen LogP contribution in [0.3, 0.4) is 0 Å². The molecule has 2 N–H and O–H groups in total. The molecule has 2 aliphatic heterocycles. The molecule has 0 amide bonds.